The van der Waals surface area contributed by atoms with Crippen molar-refractivity contribution in [3.05, 3.63) is 109 Å². The highest BCUT2D eigenvalue weighted by atomic mass is 35.5. The molecule has 0 aromatic carbocycles. The van der Waals surface area contributed by atoms with Crippen molar-refractivity contribution in [2.24, 2.45) is 4.99 Å². The van der Waals surface area contributed by atoms with E-state index in [4.69, 9.17) is 16.3 Å². The standard InChI is InChI=1S/C26H25ClF2N4O4/c1-5-9-30-22(33-14-17(26(3,4)36)6-7-23(33)34)8-10-32-16(2)11-21(24(27)25(32)35)37-15-20-19(29)12-18(28)13-31-20/h5-14,36H,15H2,1-4H3/b9-5+,10-8+,30-22-. The topological polar surface area (TPSA) is 98.7 Å². The maximum Gasteiger partial charge on any atom is 0.277 e. The van der Waals surface area contributed by atoms with Crippen LogP contribution in [0.15, 0.2) is 69.6 Å². The Morgan fingerprint density at radius 2 is 2.00 bits per heavy atom. The first-order valence-electron chi connectivity index (χ1n) is 11.1. The number of aliphatic imine (C=N–C) groups is 1. The Bertz CT molecular complexity index is 1520. The van der Waals surface area contributed by atoms with Crippen molar-refractivity contribution in [2.45, 2.75) is 39.9 Å². The van der Waals surface area contributed by atoms with Crippen LogP contribution < -0.4 is 15.9 Å². The van der Waals surface area contributed by atoms with Gasteiger partial charge in [0.25, 0.3) is 11.1 Å². The molecular weight excluding hydrogens is 506 g/mol. The third kappa shape index (κ3) is 6.66. The van der Waals surface area contributed by atoms with Gasteiger partial charge in [0.1, 0.15) is 34.7 Å². The van der Waals surface area contributed by atoms with Gasteiger partial charge in [-0.3, -0.25) is 23.7 Å². The second-order valence-electron chi connectivity index (χ2n) is 8.48. The molecule has 0 saturated heterocycles. The molecule has 3 aromatic rings. The van der Waals surface area contributed by atoms with Gasteiger partial charge in [0.05, 0.1) is 11.8 Å². The quantitative estimate of drug-likeness (QED) is 0.360. The minimum absolute atomic E-state index is 0.00348. The number of ether oxygens (including phenoxy) is 1. The van der Waals surface area contributed by atoms with Gasteiger partial charge < -0.3 is 9.84 Å². The summed E-state index contributed by atoms with van der Waals surface area (Å²) < 4.78 is 34.9. The van der Waals surface area contributed by atoms with Crippen molar-refractivity contribution in [3.63, 3.8) is 0 Å². The fourth-order valence-corrected chi connectivity index (χ4v) is 3.39. The lowest BCUT2D eigenvalue weighted by Crippen LogP contribution is -2.28. The van der Waals surface area contributed by atoms with Crippen molar-refractivity contribution in [1.82, 2.24) is 14.1 Å². The number of rotatable bonds is 7. The molecule has 1 N–H and O–H groups in total. The Kier molecular flexibility index (Phi) is 8.57. The second kappa shape index (κ2) is 11.4. The monoisotopic (exact) mass is 530 g/mol. The Balaban J connectivity index is 1.97. The molecule has 0 aliphatic heterocycles. The highest BCUT2D eigenvalue weighted by molar-refractivity contribution is 6.31. The minimum Gasteiger partial charge on any atom is -0.485 e. The fourth-order valence-electron chi connectivity index (χ4n) is 3.19. The SMILES string of the molecule is C/C=C/N=C(/C=C/n1c(C)cc(OCc2ncc(F)cc2F)c(Cl)c1=O)n1cc(C(C)(C)O)ccc1=O. The van der Waals surface area contributed by atoms with E-state index in [1.165, 1.54) is 52.0 Å². The molecule has 3 heterocycles. The Morgan fingerprint density at radius 3 is 2.65 bits per heavy atom. The number of hydrogen-bond donors (Lipinski definition) is 1. The molecule has 37 heavy (non-hydrogen) atoms. The Morgan fingerprint density at radius 1 is 1.27 bits per heavy atom. The van der Waals surface area contributed by atoms with Crippen LogP contribution in [0.1, 0.15) is 37.7 Å². The van der Waals surface area contributed by atoms with E-state index >= 15 is 0 Å². The van der Waals surface area contributed by atoms with Crippen LogP contribution in [0.2, 0.25) is 5.02 Å². The largest absolute Gasteiger partial charge is 0.485 e. The summed E-state index contributed by atoms with van der Waals surface area (Å²) in [5.41, 5.74) is -1.48. The van der Waals surface area contributed by atoms with Gasteiger partial charge in [-0.1, -0.05) is 17.7 Å². The lowest BCUT2D eigenvalue weighted by molar-refractivity contribution is 0.0780. The molecule has 0 aliphatic rings. The summed E-state index contributed by atoms with van der Waals surface area (Å²) >= 11 is 6.22. The van der Waals surface area contributed by atoms with Crippen LogP contribution >= 0.6 is 11.6 Å². The molecule has 0 bridgehead atoms. The predicted molar refractivity (Wildman–Crippen MR) is 138 cm³/mol. The first kappa shape index (κ1) is 27.7. The molecular formula is C26H25ClF2N4O4. The van der Waals surface area contributed by atoms with Crippen LogP contribution in [0, 0.1) is 18.6 Å². The normalized spacial score (nSPS) is 12.6. The summed E-state index contributed by atoms with van der Waals surface area (Å²) in [5, 5.41) is 10.1. The number of aromatic nitrogens is 3. The van der Waals surface area contributed by atoms with Gasteiger partial charge in [-0.15, -0.1) is 0 Å². The average molecular weight is 531 g/mol. The van der Waals surface area contributed by atoms with Crippen LogP contribution in [-0.4, -0.2) is 25.1 Å². The van der Waals surface area contributed by atoms with Gasteiger partial charge in [0.2, 0.25) is 0 Å². The number of aliphatic hydroxyl groups is 1. The maximum absolute atomic E-state index is 13.9. The van der Waals surface area contributed by atoms with E-state index in [0.29, 0.717) is 17.3 Å². The van der Waals surface area contributed by atoms with Crippen LogP contribution in [0.5, 0.6) is 5.75 Å². The molecule has 0 fully saturated rings. The number of hydrogen-bond acceptors (Lipinski definition) is 6. The molecule has 3 aromatic heterocycles. The van der Waals surface area contributed by atoms with Crippen LogP contribution in [0.4, 0.5) is 8.78 Å². The molecule has 0 spiro atoms. The third-order valence-electron chi connectivity index (χ3n) is 5.18. The van der Waals surface area contributed by atoms with Gasteiger partial charge in [-0.2, -0.15) is 0 Å². The molecule has 194 valence electrons. The van der Waals surface area contributed by atoms with Gasteiger partial charge >= 0.3 is 0 Å². The zero-order chi connectivity index (χ0) is 27.3. The number of allylic oxidation sites excluding steroid dienone is 2. The van der Waals surface area contributed by atoms with Crippen LogP contribution in [0.25, 0.3) is 6.20 Å². The summed E-state index contributed by atoms with van der Waals surface area (Å²) in [6, 6.07) is 4.98. The van der Waals surface area contributed by atoms with Gasteiger partial charge in [0, 0.05) is 42.5 Å². The lowest BCUT2D eigenvalue weighted by atomic mass is 10.0. The number of aryl methyl sites for hydroxylation is 1. The number of halogens is 3. The summed E-state index contributed by atoms with van der Waals surface area (Å²) in [5.74, 6) is -1.54. The van der Waals surface area contributed by atoms with E-state index < -0.39 is 28.4 Å². The maximum atomic E-state index is 13.9. The van der Waals surface area contributed by atoms with Gasteiger partial charge in [0.15, 0.2) is 5.82 Å². The van der Waals surface area contributed by atoms with E-state index in [0.717, 1.165) is 6.20 Å². The molecule has 8 nitrogen and oxygen atoms in total. The van der Waals surface area contributed by atoms with Crippen molar-refractivity contribution >= 4 is 23.6 Å². The average Bonchev–Trinajstić information content (AvgIpc) is 2.83. The zero-order valence-corrected chi connectivity index (χ0v) is 21.3. The molecule has 3 rings (SSSR count). The van der Waals surface area contributed by atoms with E-state index in [1.807, 2.05) is 0 Å². The second-order valence-corrected chi connectivity index (χ2v) is 8.86. The first-order chi connectivity index (χ1) is 17.4. The summed E-state index contributed by atoms with van der Waals surface area (Å²) in [4.78, 5) is 33.4. The zero-order valence-electron chi connectivity index (χ0n) is 20.6. The number of nitrogens with zero attached hydrogens (tertiary/aromatic N) is 4. The van der Waals surface area contributed by atoms with Gasteiger partial charge in [-0.25, -0.2) is 13.8 Å². The molecule has 0 unspecified atom stereocenters. The van der Waals surface area contributed by atoms with Crippen LogP contribution in [-0.2, 0) is 12.2 Å². The molecule has 0 saturated carbocycles. The van der Waals surface area contributed by atoms with Crippen LogP contribution in [0.3, 0.4) is 0 Å². The Labute approximate surface area is 216 Å². The summed E-state index contributed by atoms with van der Waals surface area (Å²) in [6.45, 7) is 6.18. The molecule has 0 aliphatic carbocycles. The molecule has 0 atom stereocenters. The van der Waals surface area contributed by atoms with Gasteiger partial charge in [-0.05, 0) is 45.4 Å². The van der Waals surface area contributed by atoms with Crippen molar-refractivity contribution in [3.8, 4) is 5.75 Å². The summed E-state index contributed by atoms with van der Waals surface area (Å²) in [7, 11) is 0. The summed E-state index contributed by atoms with van der Waals surface area (Å²) in [6.07, 6.45) is 8.30. The van der Waals surface area contributed by atoms with E-state index in [1.54, 1.807) is 33.8 Å². The molecule has 11 heteroatoms. The molecule has 0 radical (unpaired) electrons. The van der Waals surface area contributed by atoms with E-state index in [9.17, 15) is 23.5 Å². The first-order valence-corrected chi connectivity index (χ1v) is 11.5. The predicted octanol–water partition coefficient (Wildman–Crippen LogP) is 4.40. The Hall–Kier alpha value is -3.89. The highest BCUT2D eigenvalue weighted by Crippen LogP contribution is 2.23. The third-order valence-corrected chi connectivity index (χ3v) is 5.53. The smallest absolute Gasteiger partial charge is 0.277 e. The fraction of sp³-hybridized carbons (Fsp3) is 0.231. The van der Waals surface area contributed by atoms with Crippen molar-refractivity contribution in [1.29, 1.82) is 0 Å². The van der Waals surface area contributed by atoms with E-state index in [-0.39, 0.29) is 28.9 Å². The lowest BCUT2D eigenvalue weighted by Gasteiger charge is -2.19. The number of pyridine rings is 3. The highest BCUT2D eigenvalue weighted by Gasteiger charge is 2.18. The van der Waals surface area contributed by atoms with Crippen molar-refractivity contribution < 1.29 is 18.6 Å². The molecule has 0 amide bonds. The van der Waals surface area contributed by atoms with E-state index in [2.05, 4.69) is 9.98 Å². The minimum atomic E-state index is -1.20. The van der Waals surface area contributed by atoms with Crippen molar-refractivity contribution in [2.75, 3.05) is 0 Å².